The Hall–Kier alpha value is -2.89. The largest absolute Gasteiger partial charge is 0.368 e. The molecule has 2 amide bonds. The zero-order valence-corrected chi connectivity index (χ0v) is 14.6. The van der Waals surface area contributed by atoms with E-state index >= 15 is 0 Å². The summed E-state index contributed by atoms with van der Waals surface area (Å²) >= 11 is 0. The fourth-order valence-corrected chi connectivity index (χ4v) is 3.63. The van der Waals surface area contributed by atoms with Gasteiger partial charge in [-0.2, -0.15) is 0 Å². The normalized spacial score (nSPS) is 16.8. The molecule has 2 aliphatic heterocycles. The molecule has 0 saturated carbocycles. The second-order valence-corrected chi connectivity index (χ2v) is 6.73. The molecule has 0 radical (unpaired) electrons. The third-order valence-electron chi connectivity index (χ3n) is 5.14. The molecule has 1 fully saturated rings. The Morgan fingerprint density at radius 2 is 1.81 bits per heavy atom. The molecular formula is C20H20FN3O2. The van der Waals surface area contributed by atoms with E-state index in [2.05, 4.69) is 11.0 Å². The van der Waals surface area contributed by atoms with Crippen LogP contribution in [0.1, 0.15) is 15.9 Å². The monoisotopic (exact) mass is 353 g/mol. The lowest BCUT2D eigenvalue weighted by Gasteiger charge is -2.36. The number of fused-ring (bicyclic) bond motifs is 1. The maximum absolute atomic E-state index is 13.3. The van der Waals surface area contributed by atoms with Crippen molar-refractivity contribution in [2.45, 2.75) is 6.42 Å². The SMILES string of the molecule is CN1C(=O)Cc2cc(N3CCN(C(=O)c4cccc(F)c4)CC3)ccc21. The number of carbonyl (C=O) groups is 2. The van der Waals surface area contributed by atoms with Crippen LogP contribution in [0.4, 0.5) is 15.8 Å². The average molecular weight is 353 g/mol. The molecule has 0 aromatic heterocycles. The molecule has 5 nitrogen and oxygen atoms in total. The molecule has 2 heterocycles. The molecule has 2 aromatic carbocycles. The lowest BCUT2D eigenvalue weighted by Crippen LogP contribution is -2.48. The molecule has 0 N–H and O–H groups in total. The number of carbonyl (C=O) groups excluding carboxylic acids is 2. The van der Waals surface area contributed by atoms with E-state index in [0.29, 0.717) is 38.2 Å². The topological polar surface area (TPSA) is 43.9 Å². The van der Waals surface area contributed by atoms with Crippen molar-refractivity contribution in [3.05, 3.63) is 59.4 Å². The predicted octanol–water partition coefficient (Wildman–Crippen LogP) is 2.31. The first-order valence-corrected chi connectivity index (χ1v) is 8.72. The number of anilines is 2. The highest BCUT2D eigenvalue weighted by Crippen LogP contribution is 2.31. The summed E-state index contributed by atoms with van der Waals surface area (Å²) in [5.74, 6) is -0.417. The summed E-state index contributed by atoms with van der Waals surface area (Å²) in [4.78, 5) is 30.0. The summed E-state index contributed by atoms with van der Waals surface area (Å²) in [6.45, 7) is 2.60. The molecule has 2 aromatic rings. The zero-order valence-electron chi connectivity index (χ0n) is 14.6. The fourth-order valence-electron chi connectivity index (χ4n) is 3.63. The molecule has 2 aliphatic rings. The number of amides is 2. The Balaban J connectivity index is 1.44. The molecule has 6 heteroatoms. The summed E-state index contributed by atoms with van der Waals surface area (Å²) in [7, 11) is 1.80. The second kappa shape index (κ2) is 6.44. The van der Waals surface area contributed by atoms with Gasteiger partial charge in [-0.1, -0.05) is 6.07 Å². The van der Waals surface area contributed by atoms with Crippen molar-refractivity contribution in [3.63, 3.8) is 0 Å². The standard InChI is InChI=1S/C20H20FN3O2/c1-22-18-6-5-17(12-15(18)13-19(22)25)23-7-9-24(10-8-23)20(26)14-3-2-4-16(21)11-14/h2-6,11-12H,7-10,13H2,1H3. The van der Waals surface area contributed by atoms with E-state index in [-0.39, 0.29) is 11.8 Å². The van der Waals surface area contributed by atoms with Gasteiger partial charge < -0.3 is 14.7 Å². The third-order valence-corrected chi connectivity index (χ3v) is 5.14. The Morgan fingerprint density at radius 1 is 1.04 bits per heavy atom. The Kier molecular flexibility index (Phi) is 4.11. The van der Waals surface area contributed by atoms with E-state index in [1.165, 1.54) is 12.1 Å². The van der Waals surface area contributed by atoms with Gasteiger partial charge in [-0.3, -0.25) is 9.59 Å². The number of nitrogens with zero attached hydrogens (tertiary/aromatic N) is 3. The number of benzene rings is 2. The van der Waals surface area contributed by atoms with Crippen molar-refractivity contribution in [1.82, 2.24) is 4.90 Å². The molecule has 1 saturated heterocycles. The fraction of sp³-hybridized carbons (Fsp3) is 0.300. The van der Waals surface area contributed by atoms with Gasteiger partial charge in [0.25, 0.3) is 5.91 Å². The Morgan fingerprint density at radius 3 is 2.54 bits per heavy atom. The van der Waals surface area contributed by atoms with E-state index < -0.39 is 5.82 Å². The van der Waals surface area contributed by atoms with Crippen molar-refractivity contribution < 1.29 is 14.0 Å². The number of halogens is 1. The maximum atomic E-state index is 13.3. The number of likely N-dealkylation sites (N-methyl/N-ethyl adjacent to an activating group) is 1. The van der Waals surface area contributed by atoms with Crippen LogP contribution in [0.3, 0.4) is 0 Å². The quantitative estimate of drug-likeness (QED) is 0.832. The van der Waals surface area contributed by atoms with Gasteiger partial charge >= 0.3 is 0 Å². The zero-order chi connectivity index (χ0) is 18.3. The van der Waals surface area contributed by atoms with Gasteiger partial charge in [0.05, 0.1) is 6.42 Å². The molecular weight excluding hydrogens is 333 g/mol. The van der Waals surface area contributed by atoms with Gasteiger partial charge in [0.15, 0.2) is 0 Å². The van der Waals surface area contributed by atoms with Crippen LogP contribution in [0, 0.1) is 5.82 Å². The van der Waals surface area contributed by atoms with Crippen molar-refractivity contribution in [3.8, 4) is 0 Å². The molecule has 0 unspecified atom stereocenters. The van der Waals surface area contributed by atoms with Crippen molar-refractivity contribution in [2.24, 2.45) is 0 Å². The average Bonchev–Trinajstić information content (AvgIpc) is 2.95. The third kappa shape index (κ3) is 2.92. The molecule has 26 heavy (non-hydrogen) atoms. The predicted molar refractivity (Wildman–Crippen MR) is 98.1 cm³/mol. The summed E-state index contributed by atoms with van der Waals surface area (Å²) < 4.78 is 13.3. The van der Waals surface area contributed by atoms with Gasteiger partial charge in [0.1, 0.15) is 5.82 Å². The lowest BCUT2D eigenvalue weighted by atomic mass is 10.1. The van der Waals surface area contributed by atoms with E-state index in [1.807, 2.05) is 12.1 Å². The van der Waals surface area contributed by atoms with E-state index in [1.54, 1.807) is 29.0 Å². The first-order valence-electron chi connectivity index (χ1n) is 8.72. The molecule has 134 valence electrons. The molecule has 4 rings (SSSR count). The second-order valence-electron chi connectivity index (χ2n) is 6.73. The van der Waals surface area contributed by atoms with E-state index in [0.717, 1.165) is 16.9 Å². The molecule has 0 aliphatic carbocycles. The number of hydrogen-bond acceptors (Lipinski definition) is 3. The minimum atomic E-state index is -0.396. The molecule has 0 atom stereocenters. The van der Waals surface area contributed by atoms with Crippen LogP contribution in [0.25, 0.3) is 0 Å². The lowest BCUT2D eigenvalue weighted by molar-refractivity contribution is -0.117. The van der Waals surface area contributed by atoms with Crippen LogP contribution in [-0.2, 0) is 11.2 Å². The molecule has 0 spiro atoms. The minimum Gasteiger partial charge on any atom is -0.368 e. The first-order chi connectivity index (χ1) is 12.5. The summed E-state index contributed by atoms with van der Waals surface area (Å²) in [5, 5.41) is 0. The van der Waals surface area contributed by atoms with Crippen LogP contribution in [0.2, 0.25) is 0 Å². The van der Waals surface area contributed by atoms with E-state index in [9.17, 15) is 14.0 Å². The van der Waals surface area contributed by atoms with Crippen molar-refractivity contribution >= 4 is 23.2 Å². The summed E-state index contributed by atoms with van der Waals surface area (Å²) in [5.41, 5.74) is 3.48. The summed E-state index contributed by atoms with van der Waals surface area (Å²) in [6.07, 6.45) is 0.442. The van der Waals surface area contributed by atoms with Crippen LogP contribution in [0.15, 0.2) is 42.5 Å². The van der Waals surface area contributed by atoms with Gasteiger partial charge in [-0.15, -0.1) is 0 Å². The first kappa shape index (κ1) is 16.6. The Labute approximate surface area is 151 Å². The van der Waals surface area contributed by atoms with Crippen LogP contribution in [-0.4, -0.2) is 49.9 Å². The van der Waals surface area contributed by atoms with Crippen LogP contribution >= 0.6 is 0 Å². The maximum Gasteiger partial charge on any atom is 0.254 e. The number of hydrogen-bond donors (Lipinski definition) is 0. The van der Waals surface area contributed by atoms with Gasteiger partial charge in [0.2, 0.25) is 5.91 Å². The number of piperazine rings is 1. The molecule has 0 bridgehead atoms. The highest BCUT2D eigenvalue weighted by Gasteiger charge is 2.26. The number of rotatable bonds is 2. The van der Waals surface area contributed by atoms with Gasteiger partial charge in [-0.05, 0) is 42.0 Å². The summed E-state index contributed by atoms with van der Waals surface area (Å²) in [6, 6.07) is 11.9. The van der Waals surface area contributed by atoms with Gasteiger partial charge in [-0.25, -0.2) is 4.39 Å². The Bertz CT molecular complexity index is 875. The van der Waals surface area contributed by atoms with Crippen LogP contribution in [0.5, 0.6) is 0 Å². The smallest absolute Gasteiger partial charge is 0.254 e. The van der Waals surface area contributed by atoms with E-state index in [4.69, 9.17) is 0 Å². The van der Waals surface area contributed by atoms with Crippen molar-refractivity contribution in [2.75, 3.05) is 43.0 Å². The van der Waals surface area contributed by atoms with Gasteiger partial charge in [0, 0.05) is 50.2 Å². The van der Waals surface area contributed by atoms with Crippen LogP contribution < -0.4 is 9.80 Å². The minimum absolute atomic E-state index is 0.114. The highest BCUT2D eigenvalue weighted by atomic mass is 19.1. The highest BCUT2D eigenvalue weighted by molar-refractivity contribution is 6.01. The van der Waals surface area contributed by atoms with Crippen molar-refractivity contribution in [1.29, 1.82) is 0 Å².